The second-order valence-corrected chi connectivity index (χ2v) is 10.7. The van der Waals surface area contributed by atoms with E-state index in [1.54, 1.807) is 46.2 Å². The molecular weight excluding hydrogens is 463 g/mol. The van der Waals surface area contributed by atoms with Gasteiger partial charge < -0.3 is 9.11 Å². The normalized spacial score (nSPS) is 14.4. The fourth-order valence-electron chi connectivity index (χ4n) is 4.81. The third kappa shape index (κ3) is 4.82. The first-order chi connectivity index (χ1) is 14.1. The molecule has 0 N–H and O–H groups in total. The molecule has 2 aromatic rings. The molecule has 0 saturated heterocycles. The van der Waals surface area contributed by atoms with Crippen molar-refractivity contribution in [2.24, 2.45) is 0 Å². The Morgan fingerprint density at radius 2 is 1.25 bits per heavy atom. The van der Waals surface area contributed by atoms with Crippen LogP contribution in [0.5, 0.6) is 0 Å². The summed E-state index contributed by atoms with van der Waals surface area (Å²) in [7, 11) is -9.29. The summed E-state index contributed by atoms with van der Waals surface area (Å²) in [5.41, 5.74) is 4.46. The maximum Gasteiger partial charge on any atom is 1.00 e. The zero-order valence-corrected chi connectivity index (χ0v) is 22.9. The molecule has 1 aliphatic heterocycles. The number of anilines is 1. The topological polar surface area (TPSA) is 121 Å². The minimum absolute atomic E-state index is 0. The van der Waals surface area contributed by atoms with Gasteiger partial charge in [0, 0.05) is 11.1 Å². The van der Waals surface area contributed by atoms with Gasteiger partial charge in [-0.05, 0) is 63.8 Å². The van der Waals surface area contributed by atoms with Crippen molar-refractivity contribution < 1.29 is 60.1 Å². The van der Waals surface area contributed by atoms with Crippen LogP contribution >= 0.6 is 0 Å². The fraction of sp³-hybridized carbons (Fsp3) is 0.381. The number of benzene rings is 2. The Morgan fingerprint density at radius 1 is 0.781 bits per heavy atom. The Hall–Kier alpha value is -1.27. The van der Waals surface area contributed by atoms with E-state index in [-0.39, 0.29) is 39.3 Å². The van der Waals surface area contributed by atoms with Crippen molar-refractivity contribution in [1.82, 2.24) is 0 Å². The number of hydrogen-bond donors (Lipinski definition) is 0. The van der Waals surface area contributed by atoms with Crippen LogP contribution in [0.25, 0.3) is 0 Å². The summed E-state index contributed by atoms with van der Waals surface area (Å²) in [5.74, 6) is 0. The summed E-state index contributed by atoms with van der Waals surface area (Å²) in [4.78, 5) is 1.41. The maximum atomic E-state index is 11.8. The summed E-state index contributed by atoms with van der Waals surface area (Å²) < 4.78 is 72.7. The van der Waals surface area contributed by atoms with Gasteiger partial charge in [-0.3, -0.25) is 0 Å². The second-order valence-electron chi connectivity index (χ2n) is 8.04. The maximum absolute atomic E-state index is 11.8. The molecule has 8 nitrogen and oxygen atoms in total. The number of aryl methyl sites for hydroxylation is 4. The first-order valence-electron chi connectivity index (χ1n) is 9.66. The zero-order chi connectivity index (χ0) is 23.5. The van der Waals surface area contributed by atoms with Crippen LogP contribution in [-0.4, -0.2) is 49.9 Å². The van der Waals surface area contributed by atoms with Gasteiger partial charge in [-0.25, -0.2) is 26.3 Å². The molecule has 0 aromatic heterocycles. The Bertz CT molecular complexity index is 1350. The van der Waals surface area contributed by atoms with E-state index >= 15 is 0 Å². The molecule has 0 aliphatic carbocycles. The van der Waals surface area contributed by atoms with Gasteiger partial charge in [0.15, 0.2) is 0 Å². The molecule has 0 fully saturated rings. The smallest absolute Gasteiger partial charge is 0.744 e. The van der Waals surface area contributed by atoms with Crippen LogP contribution in [0.4, 0.5) is 11.4 Å². The molecule has 0 atom stereocenters. The van der Waals surface area contributed by atoms with Gasteiger partial charge in [0.25, 0.3) is 0 Å². The van der Waals surface area contributed by atoms with Gasteiger partial charge in [-0.1, -0.05) is 12.1 Å². The minimum Gasteiger partial charge on any atom is -0.744 e. The number of hydrogen-bond acceptors (Lipinski definition) is 7. The van der Waals surface area contributed by atoms with E-state index < -0.39 is 20.2 Å². The Balaban J connectivity index is 0.00000363. The second kappa shape index (κ2) is 9.17. The van der Waals surface area contributed by atoms with Gasteiger partial charge in [-0.2, -0.15) is 0 Å². The van der Waals surface area contributed by atoms with Crippen LogP contribution < -0.4 is 34.5 Å². The minimum atomic E-state index is -4.64. The number of nitrogens with zero attached hydrogens (tertiary/aromatic N) is 2. The third-order valence-corrected chi connectivity index (χ3v) is 7.91. The first kappa shape index (κ1) is 27.0. The molecule has 0 spiro atoms. The predicted molar refractivity (Wildman–Crippen MR) is 115 cm³/mol. The molecular formula is C21H25N2NaO6S2. The summed E-state index contributed by atoms with van der Waals surface area (Å²) in [6.07, 6.45) is 1.76. The van der Waals surface area contributed by atoms with Crippen molar-refractivity contribution in [3.8, 4) is 0 Å². The van der Waals surface area contributed by atoms with Crippen LogP contribution in [0.15, 0.2) is 21.9 Å². The summed E-state index contributed by atoms with van der Waals surface area (Å²) in [6, 6.07) is 3.35. The molecule has 3 rings (SSSR count). The predicted octanol–water partition coefficient (Wildman–Crippen LogP) is -0.458. The summed E-state index contributed by atoms with van der Waals surface area (Å²) >= 11 is 0. The largest absolute Gasteiger partial charge is 1.00 e. The molecule has 32 heavy (non-hydrogen) atoms. The van der Waals surface area contributed by atoms with E-state index in [2.05, 4.69) is 0 Å². The van der Waals surface area contributed by atoms with Crippen molar-refractivity contribution in [2.45, 2.75) is 51.3 Å². The molecule has 0 radical (unpaired) electrons. The van der Waals surface area contributed by atoms with E-state index in [0.29, 0.717) is 46.7 Å². The standard InChI is InChI=1S/C21H26N2O6S2.Na/c1-12-9-14(3)20(30(24,25)26)16(5)18(12)22-7-8-23(11-22)19-13(2)10-15(4)21(17(19)6)31(27,28)29;/h9-11H,7-8H2,1-6H3,(H-,24,25,26,27,28,29);/q;+1/p-1. The quantitative estimate of drug-likeness (QED) is 0.324. The molecule has 0 unspecified atom stereocenters. The van der Waals surface area contributed by atoms with Crippen molar-refractivity contribution >= 4 is 37.9 Å². The van der Waals surface area contributed by atoms with Crippen molar-refractivity contribution in [3.63, 3.8) is 0 Å². The van der Waals surface area contributed by atoms with Crippen LogP contribution in [0.1, 0.15) is 33.4 Å². The van der Waals surface area contributed by atoms with Gasteiger partial charge in [0.2, 0.25) is 6.34 Å². The molecule has 1 aliphatic rings. The van der Waals surface area contributed by atoms with Gasteiger partial charge >= 0.3 is 29.6 Å². The molecule has 0 amide bonds. The van der Waals surface area contributed by atoms with E-state index in [9.17, 15) is 25.9 Å². The van der Waals surface area contributed by atoms with E-state index in [1.165, 1.54) is 0 Å². The van der Waals surface area contributed by atoms with Crippen molar-refractivity contribution in [1.29, 1.82) is 0 Å². The zero-order valence-electron chi connectivity index (χ0n) is 19.3. The Kier molecular flexibility index (Phi) is 7.73. The van der Waals surface area contributed by atoms with Gasteiger partial charge in [0.05, 0.1) is 9.79 Å². The average Bonchev–Trinajstić information content (AvgIpc) is 2.99. The van der Waals surface area contributed by atoms with Crippen molar-refractivity contribution in [3.05, 3.63) is 45.5 Å². The van der Waals surface area contributed by atoms with Crippen LogP contribution in [-0.2, 0) is 20.2 Å². The van der Waals surface area contributed by atoms with E-state index in [1.807, 2.05) is 23.3 Å². The fourth-order valence-corrected chi connectivity index (χ4v) is 6.66. The number of rotatable bonds is 4. The molecule has 0 bridgehead atoms. The van der Waals surface area contributed by atoms with Crippen molar-refractivity contribution in [2.75, 3.05) is 18.0 Å². The molecule has 2 aromatic carbocycles. The van der Waals surface area contributed by atoms with Crippen LogP contribution in [0.2, 0.25) is 0 Å². The van der Waals surface area contributed by atoms with Gasteiger partial charge in [0.1, 0.15) is 44.7 Å². The Labute approximate surface area is 211 Å². The third-order valence-electron chi connectivity index (χ3n) is 5.66. The SMILES string of the molecule is Cc1cc(C)c(S(=O)(=O)[O-])c(C)c1N1C=[N+](c2c(C)cc(C)c(S(=O)(=O)[O-])c2C)CC1.[Na+]. The monoisotopic (exact) mass is 488 g/mol. The molecule has 11 heteroatoms. The van der Waals surface area contributed by atoms with E-state index in [4.69, 9.17) is 0 Å². The molecule has 168 valence electrons. The average molecular weight is 489 g/mol. The van der Waals surface area contributed by atoms with Crippen LogP contribution in [0, 0.1) is 41.5 Å². The van der Waals surface area contributed by atoms with E-state index in [0.717, 1.165) is 11.1 Å². The molecule has 1 heterocycles. The van der Waals surface area contributed by atoms with Gasteiger partial charge in [-0.15, -0.1) is 0 Å². The summed E-state index contributed by atoms with van der Waals surface area (Å²) in [6.45, 7) is 11.1. The summed E-state index contributed by atoms with van der Waals surface area (Å²) in [5, 5.41) is 0. The van der Waals surface area contributed by atoms with Crippen LogP contribution in [0.3, 0.4) is 0 Å². The first-order valence-corrected chi connectivity index (χ1v) is 12.5. The Morgan fingerprint density at radius 3 is 1.75 bits per heavy atom. The molecule has 0 saturated carbocycles.